The van der Waals surface area contributed by atoms with Gasteiger partial charge >= 0.3 is 0 Å². The molecule has 0 amide bonds. The fourth-order valence-electron chi connectivity index (χ4n) is 2.45. The predicted octanol–water partition coefficient (Wildman–Crippen LogP) is 3.90. The molecule has 0 aromatic heterocycles. The summed E-state index contributed by atoms with van der Waals surface area (Å²) < 4.78 is 5.97. The van der Waals surface area contributed by atoms with Crippen LogP contribution in [0.3, 0.4) is 0 Å². The van der Waals surface area contributed by atoms with E-state index < -0.39 is 0 Å². The first kappa shape index (κ1) is 13.4. The Hall–Kier alpha value is -1.02. The fraction of sp³-hybridized carbons (Fsp3) is 0.625. The Morgan fingerprint density at radius 1 is 1.28 bits per heavy atom. The Morgan fingerprint density at radius 3 is 2.72 bits per heavy atom. The quantitative estimate of drug-likeness (QED) is 0.823. The van der Waals surface area contributed by atoms with Crippen LogP contribution in [0.15, 0.2) is 24.3 Å². The van der Waals surface area contributed by atoms with Crippen LogP contribution in [0.2, 0.25) is 0 Å². The van der Waals surface area contributed by atoms with Crippen LogP contribution in [-0.2, 0) is 6.54 Å². The van der Waals surface area contributed by atoms with Crippen molar-refractivity contribution in [2.75, 3.05) is 0 Å². The summed E-state index contributed by atoms with van der Waals surface area (Å²) in [7, 11) is 0. The fourth-order valence-corrected chi connectivity index (χ4v) is 2.45. The van der Waals surface area contributed by atoms with E-state index >= 15 is 0 Å². The monoisotopic (exact) mass is 247 g/mol. The lowest BCUT2D eigenvalue weighted by atomic mass is 10.1. The normalized spacial score (nSPS) is 17.9. The van der Waals surface area contributed by atoms with Gasteiger partial charge in [0.15, 0.2) is 0 Å². The maximum absolute atomic E-state index is 5.97. The van der Waals surface area contributed by atoms with E-state index in [4.69, 9.17) is 4.74 Å². The molecular formula is C16H25NO. The van der Waals surface area contributed by atoms with Crippen molar-refractivity contribution in [1.29, 1.82) is 0 Å². The summed E-state index contributed by atoms with van der Waals surface area (Å²) in [6, 6.07) is 9.10. The lowest BCUT2D eigenvalue weighted by Gasteiger charge is -2.18. The van der Waals surface area contributed by atoms with Crippen molar-refractivity contribution in [3.05, 3.63) is 29.8 Å². The van der Waals surface area contributed by atoms with E-state index in [2.05, 4.69) is 43.4 Å². The summed E-state index contributed by atoms with van der Waals surface area (Å²) >= 11 is 0. The van der Waals surface area contributed by atoms with Crippen molar-refractivity contribution in [3.63, 3.8) is 0 Å². The van der Waals surface area contributed by atoms with E-state index in [1.54, 1.807) is 0 Å². The Balaban J connectivity index is 1.93. The minimum Gasteiger partial charge on any atom is -0.490 e. The summed E-state index contributed by atoms with van der Waals surface area (Å²) in [5.41, 5.74) is 1.28. The molecule has 0 heterocycles. The second kappa shape index (κ2) is 6.79. The van der Waals surface area contributed by atoms with Gasteiger partial charge in [0.25, 0.3) is 0 Å². The molecule has 100 valence electrons. The number of ether oxygens (including phenoxy) is 1. The van der Waals surface area contributed by atoms with Gasteiger partial charge in [0.2, 0.25) is 0 Å². The number of benzene rings is 1. The van der Waals surface area contributed by atoms with Crippen LogP contribution in [0.5, 0.6) is 5.75 Å². The Labute approximate surface area is 111 Å². The van der Waals surface area contributed by atoms with Crippen LogP contribution >= 0.6 is 0 Å². The zero-order chi connectivity index (χ0) is 12.8. The highest BCUT2D eigenvalue weighted by Crippen LogP contribution is 2.22. The van der Waals surface area contributed by atoms with E-state index in [0.717, 1.165) is 18.7 Å². The molecule has 1 unspecified atom stereocenters. The molecule has 0 saturated heterocycles. The second-order valence-electron chi connectivity index (χ2n) is 5.31. The molecule has 1 fully saturated rings. The minimum atomic E-state index is 0.289. The van der Waals surface area contributed by atoms with Crippen LogP contribution in [0.25, 0.3) is 0 Å². The van der Waals surface area contributed by atoms with Crippen molar-refractivity contribution in [2.45, 2.75) is 64.6 Å². The molecular weight excluding hydrogens is 222 g/mol. The molecule has 1 aliphatic carbocycles. The average Bonchev–Trinajstić information content (AvgIpc) is 2.91. The van der Waals surface area contributed by atoms with Gasteiger partial charge in [-0.05, 0) is 32.3 Å². The van der Waals surface area contributed by atoms with Crippen LogP contribution < -0.4 is 10.1 Å². The Kier molecular flexibility index (Phi) is 5.06. The largest absolute Gasteiger partial charge is 0.490 e. The van der Waals surface area contributed by atoms with Crippen molar-refractivity contribution >= 4 is 0 Å². The molecule has 0 bridgehead atoms. The minimum absolute atomic E-state index is 0.289. The molecule has 1 saturated carbocycles. The number of para-hydroxylation sites is 1. The van der Waals surface area contributed by atoms with Crippen LogP contribution in [-0.4, -0.2) is 12.1 Å². The van der Waals surface area contributed by atoms with E-state index in [1.165, 1.54) is 31.2 Å². The maximum Gasteiger partial charge on any atom is 0.124 e. The number of rotatable bonds is 6. The number of hydrogen-bond donors (Lipinski definition) is 1. The molecule has 2 nitrogen and oxygen atoms in total. The maximum atomic E-state index is 5.97. The summed E-state index contributed by atoms with van der Waals surface area (Å²) in [5.74, 6) is 1.04. The van der Waals surface area contributed by atoms with Crippen molar-refractivity contribution in [1.82, 2.24) is 5.32 Å². The van der Waals surface area contributed by atoms with Crippen LogP contribution in [0, 0.1) is 0 Å². The zero-order valence-corrected chi connectivity index (χ0v) is 11.6. The van der Waals surface area contributed by atoms with Gasteiger partial charge < -0.3 is 10.1 Å². The zero-order valence-electron chi connectivity index (χ0n) is 11.6. The molecule has 1 aliphatic rings. The van der Waals surface area contributed by atoms with E-state index in [9.17, 15) is 0 Å². The summed E-state index contributed by atoms with van der Waals surface area (Å²) in [5, 5.41) is 3.65. The van der Waals surface area contributed by atoms with Gasteiger partial charge in [0, 0.05) is 18.2 Å². The first-order valence-electron chi connectivity index (χ1n) is 7.27. The topological polar surface area (TPSA) is 21.3 Å². The second-order valence-corrected chi connectivity index (χ2v) is 5.31. The molecule has 1 aromatic carbocycles. The molecule has 1 N–H and O–H groups in total. The molecule has 2 heteroatoms. The lowest BCUT2D eigenvalue weighted by Crippen LogP contribution is -2.25. The number of hydrogen-bond acceptors (Lipinski definition) is 2. The smallest absolute Gasteiger partial charge is 0.124 e. The predicted molar refractivity (Wildman–Crippen MR) is 75.9 cm³/mol. The van der Waals surface area contributed by atoms with Gasteiger partial charge in [-0.3, -0.25) is 0 Å². The first-order valence-corrected chi connectivity index (χ1v) is 7.27. The van der Waals surface area contributed by atoms with E-state index in [1.807, 2.05) is 0 Å². The van der Waals surface area contributed by atoms with Crippen molar-refractivity contribution in [3.8, 4) is 5.75 Å². The SMILES string of the molecule is CCC(C)Oc1ccccc1CNC1CCCC1. The van der Waals surface area contributed by atoms with Crippen molar-refractivity contribution in [2.24, 2.45) is 0 Å². The van der Waals surface area contributed by atoms with Gasteiger partial charge in [0.1, 0.15) is 5.75 Å². The summed E-state index contributed by atoms with van der Waals surface area (Å²) in [4.78, 5) is 0. The number of nitrogens with one attached hydrogen (secondary N) is 1. The van der Waals surface area contributed by atoms with Gasteiger partial charge in [-0.1, -0.05) is 38.0 Å². The van der Waals surface area contributed by atoms with Crippen molar-refractivity contribution < 1.29 is 4.74 Å². The summed E-state index contributed by atoms with van der Waals surface area (Å²) in [6.45, 7) is 5.21. The van der Waals surface area contributed by atoms with Crippen LogP contribution in [0.4, 0.5) is 0 Å². The third-order valence-electron chi connectivity index (χ3n) is 3.81. The third kappa shape index (κ3) is 3.74. The van der Waals surface area contributed by atoms with Gasteiger partial charge in [-0.25, -0.2) is 0 Å². The standard InChI is InChI=1S/C16H25NO/c1-3-13(2)18-16-11-7-4-8-14(16)12-17-15-9-5-6-10-15/h4,7-8,11,13,15,17H,3,5-6,9-10,12H2,1-2H3. The molecule has 0 spiro atoms. The molecule has 2 rings (SSSR count). The van der Waals surface area contributed by atoms with E-state index in [-0.39, 0.29) is 6.10 Å². The van der Waals surface area contributed by atoms with Gasteiger partial charge in [-0.15, -0.1) is 0 Å². The first-order chi connectivity index (χ1) is 8.79. The Morgan fingerprint density at radius 2 is 2.00 bits per heavy atom. The molecule has 0 radical (unpaired) electrons. The Bertz CT molecular complexity index is 358. The highest BCUT2D eigenvalue weighted by Gasteiger charge is 2.15. The average molecular weight is 247 g/mol. The van der Waals surface area contributed by atoms with Gasteiger partial charge in [-0.2, -0.15) is 0 Å². The molecule has 0 aliphatic heterocycles. The highest BCUT2D eigenvalue weighted by atomic mass is 16.5. The molecule has 1 aromatic rings. The van der Waals surface area contributed by atoms with Crippen LogP contribution in [0.1, 0.15) is 51.5 Å². The highest BCUT2D eigenvalue weighted by molar-refractivity contribution is 5.33. The molecule has 18 heavy (non-hydrogen) atoms. The van der Waals surface area contributed by atoms with E-state index in [0.29, 0.717) is 6.04 Å². The van der Waals surface area contributed by atoms with Gasteiger partial charge in [0.05, 0.1) is 6.10 Å². The third-order valence-corrected chi connectivity index (χ3v) is 3.81. The molecule has 1 atom stereocenters. The lowest BCUT2D eigenvalue weighted by molar-refractivity contribution is 0.214. The summed E-state index contributed by atoms with van der Waals surface area (Å²) in [6.07, 6.45) is 6.75.